The molecule has 1 aromatic rings. The van der Waals surface area contributed by atoms with Crippen LogP contribution in [0.15, 0.2) is 18.2 Å². The molecule has 1 aromatic carbocycles. The second kappa shape index (κ2) is 6.47. The van der Waals surface area contributed by atoms with Crippen molar-refractivity contribution in [2.45, 2.75) is 52.2 Å². The number of halogens is 2. The standard InChI is InChI=1S/C19H27ClFNO2/c1-18(2)7-14-8-19(3,11-18)12-22(14)9-15(23)10-24-17-5-4-13(21)6-16(17)20/h4-6,14-15,23H,7-12H2,1-3H3/t14-,15-,19-/m0/s1. The molecule has 1 aliphatic carbocycles. The van der Waals surface area contributed by atoms with Crippen molar-refractivity contribution < 1.29 is 14.2 Å². The normalized spacial score (nSPS) is 30.3. The van der Waals surface area contributed by atoms with Gasteiger partial charge >= 0.3 is 0 Å². The molecular weight excluding hydrogens is 329 g/mol. The van der Waals surface area contributed by atoms with Crippen LogP contribution in [0.4, 0.5) is 4.39 Å². The Bertz CT molecular complexity index is 609. The van der Waals surface area contributed by atoms with Gasteiger partial charge in [0.15, 0.2) is 0 Å². The Labute approximate surface area is 148 Å². The zero-order valence-corrected chi connectivity index (χ0v) is 15.4. The van der Waals surface area contributed by atoms with Crippen molar-refractivity contribution >= 4 is 11.6 Å². The van der Waals surface area contributed by atoms with Gasteiger partial charge in [-0.15, -0.1) is 0 Å². The van der Waals surface area contributed by atoms with E-state index in [1.54, 1.807) is 0 Å². The number of rotatable bonds is 5. The fourth-order valence-corrected chi connectivity index (χ4v) is 5.11. The first-order valence-corrected chi connectivity index (χ1v) is 9.04. The fourth-order valence-electron chi connectivity index (χ4n) is 4.89. The number of aliphatic hydroxyl groups is 1. The highest BCUT2D eigenvalue weighted by Crippen LogP contribution is 2.52. The van der Waals surface area contributed by atoms with Crippen molar-refractivity contribution in [1.29, 1.82) is 0 Å². The summed E-state index contributed by atoms with van der Waals surface area (Å²) in [5, 5.41) is 10.6. The first-order chi connectivity index (χ1) is 11.2. The molecule has 3 atom stereocenters. The molecule has 24 heavy (non-hydrogen) atoms. The van der Waals surface area contributed by atoms with Gasteiger partial charge in [0, 0.05) is 19.1 Å². The Morgan fingerprint density at radius 3 is 2.83 bits per heavy atom. The first kappa shape index (κ1) is 18.0. The highest BCUT2D eigenvalue weighted by molar-refractivity contribution is 6.32. The number of likely N-dealkylation sites (tertiary alicyclic amines) is 1. The van der Waals surface area contributed by atoms with Gasteiger partial charge in [-0.25, -0.2) is 4.39 Å². The molecule has 1 N–H and O–H groups in total. The molecule has 2 fully saturated rings. The fraction of sp³-hybridized carbons (Fsp3) is 0.684. The van der Waals surface area contributed by atoms with E-state index < -0.39 is 11.9 Å². The van der Waals surface area contributed by atoms with E-state index in [4.69, 9.17) is 16.3 Å². The largest absolute Gasteiger partial charge is 0.489 e. The number of β-amino-alcohol motifs (C(OH)–C–C–N with tert-alkyl or cyclic N) is 1. The molecule has 1 aliphatic heterocycles. The summed E-state index contributed by atoms with van der Waals surface area (Å²) in [6, 6.07) is 4.56. The SMILES string of the molecule is CC1(C)C[C@H]2C[C@](C)(CN2C[C@H](O)COc2ccc(F)cc2Cl)C1. The van der Waals surface area contributed by atoms with Gasteiger partial charge in [-0.1, -0.05) is 32.4 Å². The third-order valence-electron chi connectivity index (χ3n) is 5.29. The first-order valence-electron chi connectivity index (χ1n) is 8.66. The Morgan fingerprint density at radius 1 is 1.38 bits per heavy atom. The van der Waals surface area contributed by atoms with Crippen molar-refractivity contribution in [3.8, 4) is 5.75 Å². The van der Waals surface area contributed by atoms with E-state index in [1.165, 1.54) is 37.5 Å². The molecule has 1 saturated heterocycles. The maximum atomic E-state index is 13.0. The second-order valence-corrected chi connectivity index (χ2v) is 9.09. The van der Waals surface area contributed by atoms with Gasteiger partial charge < -0.3 is 9.84 Å². The lowest BCUT2D eigenvalue weighted by atomic mass is 9.65. The summed E-state index contributed by atoms with van der Waals surface area (Å²) in [6.45, 7) is 8.86. The van der Waals surface area contributed by atoms with Gasteiger partial charge in [-0.05, 0) is 48.3 Å². The molecule has 1 saturated carbocycles. The van der Waals surface area contributed by atoms with Gasteiger partial charge in [-0.2, -0.15) is 0 Å². The van der Waals surface area contributed by atoms with Crippen LogP contribution < -0.4 is 4.74 Å². The van der Waals surface area contributed by atoms with Gasteiger partial charge in [0.1, 0.15) is 24.3 Å². The molecule has 1 heterocycles. The molecule has 0 aromatic heterocycles. The van der Waals surface area contributed by atoms with Crippen LogP contribution in [0, 0.1) is 16.6 Å². The van der Waals surface area contributed by atoms with Crippen molar-refractivity contribution in [3.05, 3.63) is 29.0 Å². The Morgan fingerprint density at radius 2 is 2.12 bits per heavy atom. The predicted octanol–water partition coefficient (Wildman–Crippen LogP) is 4.12. The number of aliphatic hydroxyl groups excluding tert-OH is 1. The molecule has 134 valence electrons. The molecule has 0 amide bonds. The monoisotopic (exact) mass is 355 g/mol. The van der Waals surface area contributed by atoms with Crippen LogP contribution in [0.2, 0.25) is 5.02 Å². The molecule has 2 aliphatic rings. The Kier molecular flexibility index (Phi) is 4.84. The summed E-state index contributed by atoms with van der Waals surface area (Å²) in [7, 11) is 0. The number of ether oxygens (including phenoxy) is 1. The van der Waals surface area contributed by atoms with Crippen molar-refractivity contribution in [2.24, 2.45) is 10.8 Å². The average Bonchev–Trinajstić information content (AvgIpc) is 2.66. The molecule has 5 heteroatoms. The van der Waals surface area contributed by atoms with Gasteiger partial charge in [0.2, 0.25) is 0 Å². The summed E-state index contributed by atoms with van der Waals surface area (Å²) in [5.41, 5.74) is 0.725. The number of nitrogens with zero attached hydrogens (tertiary/aromatic N) is 1. The van der Waals surface area contributed by atoms with Gasteiger partial charge in [0.05, 0.1) is 5.02 Å². The smallest absolute Gasteiger partial charge is 0.138 e. The van der Waals surface area contributed by atoms with Crippen LogP contribution in [0.25, 0.3) is 0 Å². The van der Waals surface area contributed by atoms with Crippen LogP contribution >= 0.6 is 11.6 Å². The number of benzene rings is 1. The molecule has 3 nitrogen and oxygen atoms in total. The van der Waals surface area contributed by atoms with Gasteiger partial charge in [0.25, 0.3) is 0 Å². The summed E-state index contributed by atoms with van der Waals surface area (Å²) >= 11 is 5.95. The summed E-state index contributed by atoms with van der Waals surface area (Å²) in [4.78, 5) is 2.41. The van der Waals surface area contributed by atoms with E-state index >= 15 is 0 Å². The Hall–Kier alpha value is -0.840. The predicted molar refractivity (Wildman–Crippen MR) is 94.0 cm³/mol. The summed E-state index contributed by atoms with van der Waals surface area (Å²) in [6.07, 6.45) is 3.05. The average molecular weight is 356 g/mol. The van der Waals surface area contributed by atoms with Crippen LogP contribution in [0.1, 0.15) is 40.0 Å². The van der Waals surface area contributed by atoms with Crippen molar-refractivity contribution in [3.63, 3.8) is 0 Å². The van der Waals surface area contributed by atoms with E-state index in [9.17, 15) is 9.50 Å². The molecule has 0 unspecified atom stereocenters. The number of hydrogen-bond acceptors (Lipinski definition) is 3. The van der Waals surface area contributed by atoms with E-state index in [2.05, 4.69) is 25.7 Å². The summed E-state index contributed by atoms with van der Waals surface area (Å²) in [5.74, 6) is 0.0125. The lowest BCUT2D eigenvalue weighted by molar-refractivity contribution is 0.0585. The lowest BCUT2D eigenvalue weighted by Crippen LogP contribution is -2.39. The van der Waals surface area contributed by atoms with Crippen LogP contribution in [0.5, 0.6) is 5.75 Å². The van der Waals surface area contributed by atoms with Crippen molar-refractivity contribution in [2.75, 3.05) is 19.7 Å². The van der Waals surface area contributed by atoms with Gasteiger partial charge in [-0.3, -0.25) is 4.90 Å². The minimum Gasteiger partial charge on any atom is -0.489 e. The Balaban J connectivity index is 1.55. The second-order valence-electron chi connectivity index (χ2n) is 8.68. The lowest BCUT2D eigenvalue weighted by Gasteiger charge is -2.40. The van der Waals surface area contributed by atoms with E-state index in [1.807, 2.05) is 0 Å². The van der Waals surface area contributed by atoms with Crippen LogP contribution in [0.3, 0.4) is 0 Å². The zero-order valence-electron chi connectivity index (χ0n) is 14.7. The summed E-state index contributed by atoms with van der Waals surface area (Å²) < 4.78 is 18.6. The number of fused-ring (bicyclic) bond motifs is 2. The maximum absolute atomic E-state index is 13.0. The number of hydrogen-bond donors (Lipinski definition) is 1. The minimum atomic E-state index is -0.586. The topological polar surface area (TPSA) is 32.7 Å². The molecule has 2 bridgehead atoms. The van der Waals surface area contributed by atoms with Crippen LogP contribution in [-0.4, -0.2) is 41.8 Å². The third kappa shape index (κ3) is 4.04. The third-order valence-corrected chi connectivity index (χ3v) is 5.59. The minimum absolute atomic E-state index is 0.161. The maximum Gasteiger partial charge on any atom is 0.138 e. The van der Waals surface area contributed by atoms with Crippen molar-refractivity contribution in [1.82, 2.24) is 4.90 Å². The molecule has 0 radical (unpaired) electrons. The van der Waals surface area contributed by atoms with E-state index in [-0.39, 0.29) is 11.6 Å². The molecule has 3 rings (SSSR count). The highest BCUT2D eigenvalue weighted by atomic mass is 35.5. The van der Waals surface area contributed by atoms with E-state index in [0.717, 1.165) is 6.54 Å². The molecule has 0 spiro atoms. The quantitative estimate of drug-likeness (QED) is 0.862. The van der Waals surface area contributed by atoms with E-state index in [0.29, 0.717) is 29.2 Å². The highest BCUT2D eigenvalue weighted by Gasteiger charge is 2.49. The zero-order chi connectivity index (χ0) is 17.5. The van der Waals surface area contributed by atoms with Crippen LogP contribution in [-0.2, 0) is 0 Å². The molecular formula is C19H27ClFNO2.